The van der Waals surface area contributed by atoms with Crippen LogP contribution in [0.4, 0.5) is 8.78 Å². The maximum Gasteiger partial charge on any atom is 0.110 e. The Kier molecular flexibility index (Phi) is 8.23. The van der Waals surface area contributed by atoms with E-state index >= 15 is 0 Å². The van der Waals surface area contributed by atoms with Crippen LogP contribution in [0.25, 0.3) is 0 Å². The Hall–Kier alpha value is -1.74. The summed E-state index contributed by atoms with van der Waals surface area (Å²) in [7, 11) is 2.21. The van der Waals surface area contributed by atoms with E-state index < -0.39 is 18.3 Å². The largest absolute Gasteiger partial charge is 0.303 e. The van der Waals surface area contributed by atoms with Gasteiger partial charge in [0.25, 0.3) is 0 Å². The molecule has 3 rings (SSSR count). The van der Waals surface area contributed by atoms with Crippen molar-refractivity contribution in [3.05, 3.63) is 71.3 Å². The van der Waals surface area contributed by atoms with Crippen molar-refractivity contribution < 1.29 is 8.78 Å². The first-order valence-corrected chi connectivity index (χ1v) is 11.2. The van der Waals surface area contributed by atoms with Crippen LogP contribution in [0.15, 0.2) is 54.6 Å². The fourth-order valence-electron chi connectivity index (χ4n) is 4.62. The van der Waals surface area contributed by atoms with Crippen LogP contribution < -0.4 is 0 Å². The summed E-state index contributed by atoms with van der Waals surface area (Å²) in [6.45, 7) is 3.30. The summed E-state index contributed by atoms with van der Waals surface area (Å²) in [5, 5.41) is 0. The number of aryl methyl sites for hydroxylation is 1. The van der Waals surface area contributed by atoms with E-state index in [1.54, 1.807) is 0 Å². The van der Waals surface area contributed by atoms with E-state index in [9.17, 15) is 8.78 Å². The summed E-state index contributed by atoms with van der Waals surface area (Å²) >= 11 is 0. The fourth-order valence-corrected chi connectivity index (χ4v) is 4.62. The second-order valence-electron chi connectivity index (χ2n) is 8.55. The zero-order valence-corrected chi connectivity index (χ0v) is 17.9. The van der Waals surface area contributed by atoms with Gasteiger partial charge >= 0.3 is 0 Å². The molecule has 3 atom stereocenters. The van der Waals surface area contributed by atoms with Gasteiger partial charge in [0.15, 0.2) is 0 Å². The van der Waals surface area contributed by atoms with Gasteiger partial charge in [0.05, 0.1) is 0 Å². The second kappa shape index (κ2) is 10.9. The topological polar surface area (TPSA) is 3.24 Å². The van der Waals surface area contributed by atoms with Gasteiger partial charge in [-0.15, -0.1) is 0 Å². The Bertz CT molecular complexity index is 705. The van der Waals surface area contributed by atoms with E-state index in [0.717, 1.165) is 37.8 Å². The molecule has 0 bridgehead atoms. The lowest BCUT2D eigenvalue weighted by Gasteiger charge is -2.30. The Morgan fingerprint density at radius 1 is 0.897 bits per heavy atom. The predicted molar refractivity (Wildman–Crippen MR) is 118 cm³/mol. The van der Waals surface area contributed by atoms with Crippen LogP contribution in [0.3, 0.4) is 0 Å². The highest BCUT2D eigenvalue weighted by molar-refractivity contribution is 5.28. The number of rotatable bonds is 9. The number of hydrogen-bond acceptors (Lipinski definition) is 1. The van der Waals surface area contributed by atoms with Crippen molar-refractivity contribution in [2.45, 2.75) is 76.2 Å². The summed E-state index contributed by atoms with van der Waals surface area (Å²) < 4.78 is 28.4. The molecular formula is C26H35F2N. The molecule has 1 aliphatic carbocycles. The molecule has 0 spiro atoms. The van der Waals surface area contributed by atoms with E-state index in [-0.39, 0.29) is 0 Å². The van der Waals surface area contributed by atoms with Crippen LogP contribution in [-0.2, 0) is 12.8 Å². The van der Waals surface area contributed by atoms with Crippen molar-refractivity contribution in [1.82, 2.24) is 4.90 Å². The molecule has 0 saturated heterocycles. The Morgan fingerprint density at radius 2 is 1.52 bits per heavy atom. The summed E-state index contributed by atoms with van der Waals surface area (Å²) in [6.07, 6.45) is 3.82. The normalized spacial score (nSPS) is 23.3. The molecule has 0 N–H and O–H groups in total. The molecule has 0 aliphatic heterocycles. The molecule has 1 saturated carbocycles. The monoisotopic (exact) mass is 399 g/mol. The average molecular weight is 400 g/mol. The van der Waals surface area contributed by atoms with Gasteiger partial charge in [-0.3, -0.25) is 0 Å². The molecule has 0 amide bonds. The maximum atomic E-state index is 14.2. The number of benzene rings is 2. The molecule has 1 aliphatic rings. The van der Waals surface area contributed by atoms with Crippen LogP contribution in [0.1, 0.15) is 61.6 Å². The van der Waals surface area contributed by atoms with Gasteiger partial charge in [-0.05, 0) is 68.7 Å². The van der Waals surface area contributed by atoms with Crippen molar-refractivity contribution in [3.63, 3.8) is 0 Å². The van der Waals surface area contributed by atoms with E-state index in [1.807, 2.05) is 12.1 Å². The van der Waals surface area contributed by atoms with Gasteiger partial charge < -0.3 is 4.90 Å². The lowest BCUT2D eigenvalue weighted by molar-refractivity contribution is 0.124. The van der Waals surface area contributed by atoms with E-state index in [4.69, 9.17) is 0 Å². The van der Waals surface area contributed by atoms with Crippen molar-refractivity contribution in [2.75, 3.05) is 13.6 Å². The molecule has 0 heterocycles. The highest BCUT2D eigenvalue weighted by Crippen LogP contribution is 2.37. The number of hydrogen-bond donors (Lipinski definition) is 0. The molecule has 29 heavy (non-hydrogen) atoms. The third-order valence-corrected chi connectivity index (χ3v) is 6.56. The average Bonchev–Trinajstić information content (AvgIpc) is 2.74. The van der Waals surface area contributed by atoms with Crippen LogP contribution in [-0.4, -0.2) is 36.9 Å². The quantitative estimate of drug-likeness (QED) is 0.464. The van der Waals surface area contributed by atoms with Crippen molar-refractivity contribution in [3.8, 4) is 0 Å². The lowest BCUT2D eigenvalue weighted by atomic mass is 9.81. The zero-order valence-electron chi connectivity index (χ0n) is 17.9. The summed E-state index contributed by atoms with van der Waals surface area (Å²) in [4.78, 5) is 2.46. The van der Waals surface area contributed by atoms with Gasteiger partial charge in [0.2, 0.25) is 0 Å². The highest BCUT2D eigenvalue weighted by Gasteiger charge is 2.34. The Balaban J connectivity index is 1.51. The summed E-state index contributed by atoms with van der Waals surface area (Å²) in [5.41, 5.74) is 3.45. The van der Waals surface area contributed by atoms with Gasteiger partial charge in [-0.25, -0.2) is 8.78 Å². The molecule has 0 aromatic heterocycles. The number of nitrogens with zero attached hydrogens (tertiary/aromatic N) is 1. The SMILES string of the molecule is CCC(CCc1ccc(C2C(F)CCCC2F)cc1)N(C)CCc1ccccc1. The van der Waals surface area contributed by atoms with Gasteiger partial charge in [-0.2, -0.15) is 0 Å². The van der Waals surface area contributed by atoms with Crippen LogP contribution in [0.2, 0.25) is 0 Å². The first-order chi connectivity index (χ1) is 14.1. The van der Waals surface area contributed by atoms with Gasteiger partial charge in [0.1, 0.15) is 12.3 Å². The van der Waals surface area contributed by atoms with E-state index in [1.165, 1.54) is 11.1 Å². The second-order valence-corrected chi connectivity index (χ2v) is 8.55. The third-order valence-electron chi connectivity index (χ3n) is 6.56. The standard InChI is InChI=1S/C26H35F2N/c1-3-23(29(2)19-18-20-8-5-4-6-9-20)17-14-21-12-15-22(16-13-21)26-24(27)10-7-11-25(26)28/h4-6,8-9,12-13,15-16,23-26H,3,7,10-11,14,17-19H2,1-2H3. The van der Waals surface area contributed by atoms with Gasteiger partial charge in [0, 0.05) is 18.5 Å². The number of alkyl halides is 2. The van der Waals surface area contributed by atoms with Crippen molar-refractivity contribution in [2.24, 2.45) is 0 Å². The number of likely N-dealkylation sites (N-methyl/N-ethyl adjacent to an activating group) is 1. The molecule has 1 nitrogen and oxygen atoms in total. The molecule has 2 aromatic carbocycles. The number of halogens is 2. The Labute approximate surface area is 175 Å². The molecular weight excluding hydrogens is 364 g/mol. The first-order valence-electron chi connectivity index (χ1n) is 11.2. The molecule has 158 valence electrons. The van der Waals surface area contributed by atoms with Crippen LogP contribution in [0, 0.1) is 0 Å². The molecule has 3 heteroatoms. The first kappa shape index (κ1) is 22.0. The molecule has 1 fully saturated rings. The summed E-state index contributed by atoms with van der Waals surface area (Å²) in [6, 6.07) is 19.2. The lowest BCUT2D eigenvalue weighted by Crippen LogP contribution is -2.33. The minimum atomic E-state index is -1.05. The minimum absolute atomic E-state index is 0.486. The highest BCUT2D eigenvalue weighted by atomic mass is 19.1. The smallest absolute Gasteiger partial charge is 0.110 e. The molecule has 2 aromatic rings. The van der Waals surface area contributed by atoms with Crippen molar-refractivity contribution >= 4 is 0 Å². The minimum Gasteiger partial charge on any atom is -0.303 e. The van der Waals surface area contributed by atoms with Crippen molar-refractivity contribution in [1.29, 1.82) is 0 Å². The van der Waals surface area contributed by atoms with E-state index in [2.05, 4.69) is 61.3 Å². The van der Waals surface area contributed by atoms with Crippen LogP contribution in [0.5, 0.6) is 0 Å². The zero-order chi connectivity index (χ0) is 20.6. The Morgan fingerprint density at radius 3 is 2.14 bits per heavy atom. The van der Waals surface area contributed by atoms with E-state index in [0.29, 0.717) is 25.3 Å². The van der Waals surface area contributed by atoms with Crippen LogP contribution >= 0.6 is 0 Å². The molecule has 0 radical (unpaired) electrons. The van der Waals surface area contributed by atoms with Gasteiger partial charge in [-0.1, -0.05) is 61.5 Å². The predicted octanol–water partition coefficient (Wildman–Crippen LogP) is 6.52. The summed E-state index contributed by atoms with van der Waals surface area (Å²) in [5.74, 6) is -0.578. The molecule has 3 unspecified atom stereocenters. The third kappa shape index (κ3) is 6.12. The fraction of sp³-hybridized carbons (Fsp3) is 0.538. The maximum absolute atomic E-state index is 14.2.